The van der Waals surface area contributed by atoms with E-state index in [9.17, 15) is 4.79 Å². The molecule has 0 saturated heterocycles. The van der Waals surface area contributed by atoms with Crippen molar-refractivity contribution in [3.8, 4) is 0 Å². The van der Waals surface area contributed by atoms with Gasteiger partial charge in [-0.2, -0.15) is 5.10 Å². The van der Waals surface area contributed by atoms with E-state index in [4.69, 9.17) is 17.3 Å². The highest BCUT2D eigenvalue weighted by Crippen LogP contribution is 2.19. The van der Waals surface area contributed by atoms with E-state index in [2.05, 4.69) is 37.7 Å². The molecule has 0 aliphatic rings. The Morgan fingerprint density at radius 2 is 2.17 bits per heavy atom. The van der Waals surface area contributed by atoms with Gasteiger partial charge in [0.15, 0.2) is 5.82 Å². The zero-order valence-corrected chi connectivity index (χ0v) is 16.9. The number of halogens is 1. The second kappa shape index (κ2) is 11.5. The summed E-state index contributed by atoms with van der Waals surface area (Å²) in [6, 6.07) is 9.03. The summed E-state index contributed by atoms with van der Waals surface area (Å²) in [4.78, 5) is 15.1. The van der Waals surface area contributed by atoms with Crippen LogP contribution in [0.4, 0.5) is 11.5 Å². The first-order valence-electron chi connectivity index (χ1n) is 8.98. The van der Waals surface area contributed by atoms with Crippen molar-refractivity contribution < 1.29 is 4.79 Å². The molecule has 0 atom stereocenters. The summed E-state index contributed by atoms with van der Waals surface area (Å²) >= 11 is 6.03. The van der Waals surface area contributed by atoms with Gasteiger partial charge in [0.1, 0.15) is 5.84 Å². The van der Waals surface area contributed by atoms with Crippen LogP contribution in [0.5, 0.6) is 0 Å². The molecule has 0 aliphatic carbocycles. The average molecular weight is 414 g/mol. The summed E-state index contributed by atoms with van der Waals surface area (Å²) in [5.41, 5.74) is 8.19. The zero-order valence-electron chi connectivity index (χ0n) is 16.2. The minimum absolute atomic E-state index is 0.0568. The Kier molecular flexibility index (Phi) is 8.65. The third kappa shape index (κ3) is 7.63. The number of anilines is 2. The van der Waals surface area contributed by atoms with Crippen LogP contribution in [0.15, 0.2) is 60.4 Å². The van der Waals surface area contributed by atoms with Crippen molar-refractivity contribution in [3.05, 3.63) is 66.0 Å². The molecule has 1 aromatic heterocycles. The van der Waals surface area contributed by atoms with Gasteiger partial charge in [0, 0.05) is 54.3 Å². The van der Waals surface area contributed by atoms with Crippen LogP contribution >= 0.6 is 11.6 Å². The molecule has 5 N–H and O–H groups in total. The maximum absolute atomic E-state index is 10.9. The summed E-state index contributed by atoms with van der Waals surface area (Å²) in [7, 11) is 0. The van der Waals surface area contributed by atoms with Gasteiger partial charge in [0.2, 0.25) is 5.91 Å². The number of rotatable bonds is 9. The molecule has 29 heavy (non-hydrogen) atoms. The zero-order chi connectivity index (χ0) is 21.1. The predicted molar refractivity (Wildman–Crippen MR) is 119 cm³/mol. The van der Waals surface area contributed by atoms with E-state index in [-0.39, 0.29) is 5.91 Å². The Morgan fingerprint density at radius 3 is 2.90 bits per heavy atom. The predicted octanol–water partition coefficient (Wildman–Crippen LogP) is 3.02. The maximum Gasteiger partial charge on any atom is 0.216 e. The fourth-order valence-electron chi connectivity index (χ4n) is 2.40. The molecule has 8 nitrogen and oxygen atoms in total. The highest BCUT2D eigenvalue weighted by atomic mass is 35.5. The van der Waals surface area contributed by atoms with Crippen LogP contribution < -0.4 is 21.7 Å². The monoisotopic (exact) mass is 413 g/mol. The Bertz CT molecular complexity index is 911. The van der Waals surface area contributed by atoms with E-state index in [1.807, 2.05) is 12.1 Å². The lowest BCUT2D eigenvalue weighted by Gasteiger charge is -2.12. The number of hydrogen-bond acceptors (Lipinski definition) is 6. The van der Waals surface area contributed by atoms with Crippen molar-refractivity contribution >= 4 is 40.5 Å². The summed E-state index contributed by atoms with van der Waals surface area (Å²) in [6.45, 7) is 6.30. The summed E-state index contributed by atoms with van der Waals surface area (Å²) < 4.78 is 0. The Hall–Kier alpha value is -3.39. The van der Waals surface area contributed by atoms with Gasteiger partial charge >= 0.3 is 0 Å². The number of nitrogens with zero attached hydrogens (tertiary/aromatic N) is 3. The van der Waals surface area contributed by atoms with Crippen LogP contribution in [-0.2, 0) is 4.79 Å². The van der Waals surface area contributed by atoms with Crippen LogP contribution in [0, 0.1) is 0 Å². The SMILES string of the molecule is C=CN=C(/C=C(\N)c1ccnnc1NCCCNC(C)=O)Nc1cccc(Cl)c1. The van der Waals surface area contributed by atoms with Gasteiger partial charge in [-0.05, 0) is 30.7 Å². The van der Waals surface area contributed by atoms with E-state index in [1.54, 1.807) is 30.5 Å². The molecule has 0 unspecified atom stereocenters. The van der Waals surface area contributed by atoms with Crippen molar-refractivity contribution in [3.63, 3.8) is 0 Å². The quantitative estimate of drug-likeness (QED) is 0.285. The Balaban J connectivity index is 2.12. The summed E-state index contributed by atoms with van der Waals surface area (Å²) in [6.07, 6.45) is 5.40. The van der Waals surface area contributed by atoms with E-state index in [1.165, 1.54) is 13.1 Å². The standard InChI is InChI=1S/C20H24ClN7O/c1-3-23-19(27-16-7-4-6-15(21)12-16)13-18(22)17-8-11-26-28-20(17)25-10-5-9-24-14(2)29/h3-4,6-8,11-13H,1,5,9-10,22H2,2H3,(H,23,27)(H,24,29)(H,25,28)/b18-13-. The number of amides is 1. The van der Waals surface area contributed by atoms with E-state index < -0.39 is 0 Å². The fourth-order valence-corrected chi connectivity index (χ4v) is 2.59. The highest BCUT2D eigenvalue weighted by molar-refractivity contribution is 6.31. The average Bonchev–Trinajstić information content (AvgIpc) is 2.68. The highest BCUT2D eigenvalue weighted by Gasteiger charge is 2.08. The second-order valence-electron chi connectivity index (χ2n) is 5.99. The van der Waals surface area contributed by atoms with Crippen LogP contribution in [0.2, 0.25) is 5.02 Å². The molecule has 0 radical (unpaired) electrons. The molecule has 0 saturated carbocycles. The number of nitrogens with one attached hydrogen (secondary N) is 3. The van der Waals surface area contributed by atoms with Gasteiger partial charge < -0.3 is 21.7 Å². The van der Waals surface area contributed by atoms with Crippen LogP contribution in [-0.4, -0.2) is 35.0 Å². The second-order valence-corrected chi connectivity index (χ2v) is 6.43. The number of carbonyl (C=O) groups excluding carboxylic acids is 1. The van der Waals surface area contributed by atoms with Crippen molar-refractivity contribution in [2.75, 3.05) is 23.7 Å². The van der Waals surface area contributed by atoms with Gasteiger partial charge in [0.05, 0.1) is 6.20 Å². The Morgan fingerprint density at radius 1 is 1.34 bits per heavy atom. The first kappa shape index (κ1) is 21.9. The fraction of sp³-hybridized carbons (Fsp3) is 0.200. The lowest BCUT2D eigenvalue weighted by molar-refractivity contribution is -0.118. The summed E-state index contributed by atoms with van der Waals surface area (Å²) in [5.74, 6) is 0.983. The van der Waals surface area contributed by atoms with Crippen LogP contribution in [0.3, 0.4) is 0 Å². The largest absolute Gasteiger partial charge is 0.398 e. The first-order valence-corrected chi connectivity index (χ1v) is 9.36. The number of amidine groups is 1. The first-order chi connectivity index (χ1) is 14.0. The molecular weight excluding hydrogens is 390 g/mol. The number of benzene rings is 1. The van der Waals surface area contributed by atoms with Crippen molar-refractivity contribution in [2.24, 2.45) is 10.7 Å². The molecule has 9 heteroatoms. The normalized spacial score (nSPS) is 11.7. The molecule has 1 amide bonds. The number of aromatic nitrogens is 2. The van der Waals surface area contributed by atoms with E-state index in [0.29, 0.717) is 41.0 Å². The molecule has 0 bridgehead atoms. The minimum atomic E-state index is -0.0568. The van der Waals surface area contributed by atoms with E-state index in [0.717, 1.165) is 12.1 Å². The lowest BCUT2D eigenvalue weighted by Crippen LogP contribution is -2.23. The van der Waals surface area contributed by atoms with Gasteiger partial charge in [-0.1, -0.05) is 24.2 Å². The number of aliphatic imine (C=N–C) groups is 1. The minimum Gasteiger partial charge on any atom is -0.398 e. The van der Waals surface area contributed by atoms with Crippen LogP contribution in [0.1, 0.15) is 18.9 Å². The molecule has 0 spiro atoms. The van der Waals surface area contributed by atoms with Gasteiger partial charge in [-0.25, -0.2) is 4.99 Å². The van der Waals surface area contributed by atoms with Gasteiger partial charge in [-0.15, -0.1) is 5.10 Å². The number of hydrogen-bond donors (Lipinski definition) is 4. The lowest BCUT2D eigenvalue weighted by atomic mass is 10.2. The topological polar surface area (TPSA) is 117 Å². The number of carbonyl (C=O) groups is 1. The molecule has 2 rings (SSSR count). The smallest absolute Gasteiger partial charge is 0.216 e. The van der Waals surface area contributed by atoms with Crippen molar-refractivity contribution in [1.29, 1.82) is 0 Å². The molecule has 1 aromatic carbocycles. The van der Waals surface area contributed by atoms with Crippen molar-refractivity contribution in [1.82, 2.24) is 15.5 Å². The number of nitrogens with two attached hydrogens (primary N) is 1. The maximum atomic E-state index is 10.9. The molecule has 0 aliphatic heterocycles. The molecule has 2 aromatic rings. The third-order valence-electron chi connectivity index (χ3n) is 3.67. The van der Waals surface area contributed by atoms with E-state index >= 15 is 0 Å². The van der Waals surface area contributed by atoms with Crippen molar-refractivity contribution in [2.45, 2.75) is 13.3 Å². The Labute approximate surface area is 175 Å². The van der Waals surface area contributed by atoms with Gasteiger partial charge in [-0.3, -0.25) is 4.79 Å². The molecule has 152 valence electrons. The molecular formula is C20H24ClN7O. The molecule has 0 fully saturated rings. The molecule has 1 heterocycles. The summed E-state index contributed by atoms with van der Waals surface area (Å²) in [5, 5.41) is 17.7. The third-order valence-corrected chi connectivity index (χ3v) is 3.91. The van der Waals surface area contributed by atoms with Crippen LogP contribution in [0.25, 0.3) is 5.70 Å². The van der Waals surface area contributed by atoms with Gasteiger partial charge in [0.25, 0.3) is 0 Å².